The van der Waals surface area contributed by atoms with Crippen LogP contribution in [0.4, 0.5) is 5.69 Å². The predicted molar refractivity (Wildman–Crippen MR) is 79.6 cm³/mol. The Morgan fingerprint density at radius 3 is 2.65 bits per heavy atom. The lowest BCUT2D eigenvalue weighted by atomic mass is 10.1. The molecule has 0 aliphatic heterocycles. The molecule has 0 fully saturated rings. The molecule has 5 nitrogen and oxygen atoms in total. The summed E-state index contributed by atoms with van der Waals surface area (Å²) >= 11 is 11.6. The third-order valence-electron chi connectivity index (χ3n) is 2.83. The minimum absolute atomic E-state index is 0.0691. The van der Waals surface area contributed by atoms with Gasteiger partial charge in [0.2, 0.25) is 0 Å². The van der Waals surface area contributed by atoms with E-state index < -0.39 is 10.8 Å². The van der Waals surface area contributed by atoms with Crippen molar-refractivity contribution < 1.29 is 9.72 Å². The van der Waals surface area contributed by atoms with Crippen LogP contribution in [0, 0.1) is 10.1 Å². The topological polar surface area (TPSA) is 63.5 Å². The summed E-state index contributed by atoms with van der Waals surface area (Å²) in [5.74, 6) is -0.176. The van der Waals surface area contributed by atoms with E-state index in [9.17, 15) is 14.9 Å². The number of nitro groups is 1. The summed E-state index contributed by atoms with van der Waals surface area (Å²) in [7, 11) is 0. The van der Waals surface area contributed by atoms with Gasteiger partial charge in [-0.3, -0.25) is 14.9 Å². The molecular weight excluding hydrogens is 303 g/mol. The third kappa shape index (κ3) is 4.08. The molecule has 0 N–H and O–H groups in total. The number of benzene rings is 1. The van der Waals surface area contributed by atoms with E-state index in [-0.39, 0.29) is 22.2 Å². The molecule has 0 bridgehead atoms. The summed E-state index contributed by atoms with van der Waals surface area (Å²) in [5, 5.41) is 11.1. The molecule has 0 aliphatic carbocycles. The number of carbonyl (C=O) groups excluding carboxylic acids is 1. The van der Waals surface area contributed by atoms with Crippen LogP contribution in [0.1, 0.15) is 30.1 Å². The first-order chi connectivity index (χ1) is 9.52. The van der Waals surface area contributed by atoms with Crippen molar-refractivity contribution in [2.45, 2.75) is 19.8 Å². The van der Waals surface area contributed by atoms with Crippen molar-refractivity contribution in [3.05, 3.63) is 38.9 Å². The van der Waals surface area contributed by atoms with Gasteiger partial charge in [-0.05, 0) is 12.5 Å². The van der Waals surface area contributed by atoms with Crippen molar-refractivity contribution in [1.29, 1.82) is 0 Å². The smallest absolute Gasteiger partial charge is 0.283 e. The average molecular weight is 319 g/mol. The van der Waals surface area contributed by atoms with Gasteiger partial charge in [0.05, 0.1) is 9.95 Å². The van der Waals surface area contributed by atoms with Crippen LogP contribution < -0.4 is 0 Å². The van der Waals surface area contributed by atoms with Gasteiger partial charge < -0.3 is 4.90 Å². The van der Waals surface area contributed by atoms with Crippen LogP contribution in [0.15, 0.2) is 18.2 Å². The van der Waals surface area contributed by atoms with Crippen molar-refractivity contribution in [3.63, 3.8) is 0 Å². The monoisotopic (exact) mass is 318 g/mol. The fourth-order valence-electron chi connectivity index (χ4n) is 1.80. The zero-order valence-electron chi connectivity index (χ0n) is 11.1. The Morgan fingerprint density at radius 2 is 2.10 bits per heavy atom. The van der Waals surface area contributed by atoms with Crippen molar-refractivity contribution in [1.82, 2.24) is 4.90 Å². The normalized spacial score (nSPS) is 10.3. The van der Waals surface area contributed by atoms with E-state index in [0.717, 1.165) is 12.8 Å². The van der Waals surface area contributed by atoms with Crippen LogP contribution in [0.3, 0.4) is 0 Å². The first-order valence-corrected chi connectivity index (χ1v) is 7.22. The molecule has 0 aliphatic rings. The van der Waals surface area contributed by atoms with Gasteiger partial charge >= 0.3 is 0 Å². The Labute approximate surface area is 127 Å². The third-order valence-corrected chi connectivity index (χ3v) is 3.31. The molecule has 110 valence electrons. The molecule has 0 saturated carbocycles. The standard InChI is InChI=1S/C13H16Cl2N2O3/c1-2-3-8-16(9-7-14)13(18)12-10(15)5-4-6-11(12)17(19)20/h4-6H,2-3,7-9H2,1H3. The van der Waals surface area contributed by atoms with Gasteiger partial charge in [0.15, 0.2) is 0 Å². The van der Waals surface area contributed by atoms with Gasteiger partial charge in [0.1, 0.15) is 5.56 Å². The minimum Gasteiger partial charge on any atom is -0.337 e. The zero-order chi connectivity index (χ0) is 15.1. The molecule has 20 heavy (non-hydrogen) atoms. The lowest BCUT2D eigenvalue weighted by Gasteiger charge is -2.21. The second-order valence-electron chi connectivity index (χ2n) is 4.23. The molecule has 1 aromatic rings. The summed E-state index contributed by atoms with van der Waals surface area (Å²) in [5.41, 5.74) is -0.348. The highest BCUT2D eigenvalue weighted by Crippen LogP contribution is 2.27. The molecule has 7 heteroatoms. The number of nitro benzene ring substituents is 1. The summed E-state index contributed by atoms with van der Waals surface area (Å²) in [4.78, 5) is 24.4. The fraction of sp³-hybridized carbons (Fsp3) is 0.462. The van der Waals surface area contributed by atoms with E-state index in [2.05, 4.69) is 0 Å². The number of hydrogen-bond donors (Lipinski definition) is 0. The van der Waals surface area contributed by atoms with E-state index in [1.807, 2.05) is 6.92 Å². The molecule has 1 aromatic carbocycles. The zero-order valence-corrected chi connectivity index (χ0v) is 12.7. The molecule has 0 saturated heterocycles. The van der Waals surface area contributed by atoms with Gasteiger partial charge in [0, 0.05) is 25.0 Å². The first kappa shape index (κ1) is 16.7. The van der Waals surface area contributed by atoms with Crippen LogP contribution >= 0.6 is 23.2 Å². The van der Waals surface area contributed by atoms with Crippen molar-refractivity contribution >= 4 is 34.8 Å². The van der Waals surface area contributed by atoms with Crippen LogP contribution in [0.25, 0.3) is 0 Å². The average Bonchev–Trinajstić information content (AvgIpc) is 2.42. The second kappa shape index (κ2) is 8.07. The van der Waals surface area contributed by atoms with E-state index in [0.29, 0.717) is 13.1 Å². The van der Waals surface area contributed by atoms with Crippen molar-refractivity contribution in [2.24, 2.45) is 0 Å². The number of alkyl halides is 1. The van der Waals surface area contributed by atoms with Gasteiger partial charge in [0.25, 0.3) is 11.6 Å². The van der Waals surface area contributed by atoms with Crippen molar-refractivity contribution in [2.75, 3.05) is 19.0 Å². The number of unbranched alkanes of at least 4 members (excludes halogenated alkanes) is 1. The van der Waals surface area contributed by atoms with Gasteiger partial charge in [-0.2, -0.15) is 0 Å². The Balaban J connectivity index is 3.13. The van der Waals surface area contributed by atoms with Crippen molar-refractivity contribution in [3.8, 4) is 0 Å². The molecule has 0 aromatic heterocycles. The van der Waals surface area contributed by atoms with Gasteiger partial charge in [-0.1, -0.05) is 31.0 Å². The van der Waals surface area contributed by atoms with Crippen LogP contribution in [-0.4, -0.2) is 34.7 Å². The molecule has 0 radical (unpaired) electrons. The van der Waals surface area contributed by atoms with E-state index in [1.54, 1.807) is 0 Å². The highest BCUT2D eigenvalue weighted by atomic mass is 35.5. The van der Waals surface area contributed by atoms with Crippen LogP contribution in [0.5, 0.6) is 0 Å². The number of hydrogen-bond acceptors (Lipinski definition) is 3. The Bertz CT molecular complexity index is 495. The summed E-state index contributed by atoms with van der Waals surface area (Å²) in [6, 6.07) is 4.20. The number of halogens is 2. The lowest BCUT2D eigenvalue weighted by molar-refractivity contribution is -0.385. The molecule has 1 rings (SSSR count). The highest BCUT2D eigenvalue weighted by Gasteiger charge is 2.26. The number of nitrogens with zero attached hydrogens (tertiary/aromatic N) is 2. The molecule has 0 atom stereocenters. The Kier molecular flexibility index (Phi) is 6.75. The van der Waals surface area contributed by atoms with Gasteiger partial charge in [-0.15, -0.1) is 11.6 Å². The van der Waals surface area contributed by atoms with Crippen LogP contribution in [0.2, 0.25) is 5.02 Å². The molecule has 0 heterocycles. The Morgan fingerprint density at radius 1 is 1.40 bits per heavy atom. The van der Waals surface area contributed by atoms with Crippen LogP contribution in [-0.2, 0) is 0 Å². The maximum atomic E-state index is 12.5. The maximum absolute atomic E-state index is 12.5. The number of amides is 1. The molecule has 1 amide bonds. The minimum atomic E-state index is -0.599. The van der Waals surface area contributed by atoms with Gasteiger partial charge in [-0.25, -0.2) is 0 Å². The second-order valence-corrected chi connectivity index (χ2v) is 5.01. The molecule has 0 unspecified atom stereocenters. The number of rotatable bonds is 7. The summed E-state index contributed by atoms with van der Waals surface area (Å²) in [6.07, 6.45) is 1.72. The molecule has 0 spiro atoms. The molecular formula is C13H16Cl2N2O3. The maximum Gasteiger partial charge on any atom is 0.283 e. The SMILES string of the molecule is CCCCN(CCCl)C(=O)c1c(Cl)cccc1[N+](=O)[O-]. The predicted octanol–water partition coefficient (Wildman–Crippen LogP) is 3.73. The fourth-order valence-corrected chi connectivity index (χ4v) is 2.26. The largest absolute Gasteiger partial charge is 0.337 e. The highest BCUT2D eigenvalue weighted by molar-refractivity contribution is 6.34. The summed E-state index contributed by atoms with van der Waals surface area (Å²) < 4.78 is 0. The van der Waals surface area contributed by atoms with E-state index >= 15 is 0 Å². The number of carbonyl (C=O) groups is 1. The van der Waals surface area contributed by atoms with E-state index in [4.69, 9.17) is 23.2 Å². The Hall–Kier alpha value is -1.33. The lowest BCUT2D eigenvalue weighted by Crippen LogP contribution is -2.34. The quantitative estimate of drug-likeness (QED) is 0.437. The van der Waals surface area contributed by atoms with E-state index in [1.165, 1.54) is 23.1 Å². The summed E-state index contributed by atoms with van der Waals surface area (Å²) in [6.45, 7) is 2.84. The first-order valence-electron chi connectivity index (χ1n) is 6.31.